The van der Waals surface area contributed by atoms with E-state index in [1.165, 1.54) is 0 Å². The third kappa shape index (κ3) is 4.92. The number of nitrogens with zero attached hydrogens (tertiary/aromatic N) is 3. The Morgan fingerprint density at radius 3 is 2.50 bits per heavy atom. The fourth-order valence-electron chi connectivity index (χ4n) is 3.30. The molecule has 1 aliphatic rings. The first kappa shape index (κ1) is 20.8. The minimum atomic E-state index is -0.157. The van der Waals surface area contributed by atoms with E-state index >= 15 is 0 Å². The summed E-state index contributed by atoms with van der Waals surface area (Å²) >= 11 is 5.99. The number of rotatable bonds is 5. The summed E-state index contributed by atoms with van der Waals surface area (Å²) in [6, 6.07) is 15.4. The first-order valence-corrected chi connectivity index (χ1v) is 9.63. The zero-order valence-electron chi connectivity index (χ0n) is 15.4. The number of aliphatic hydroxyl groups is 1. The van der Waals surface area contributed by atoms with Gasteiger partial charge in [0.25, 0.3) is 0 Å². The van der Waals surface area contributed by atoms with Crippen LogP contribution in [0.4, 0.5) is 0 Å². The van der Waals surface area contributed by atoms with Crippen LogP contribution in [0.25, 0.3) is 22.3 Å². The topological polar surface area (TPSA) is 58.5 Å². The van der Waals surface area contributed by atoms with Gasteiger partial charge in [-0.25, -0.2) is 4.98 Å². The predicted molar refractivity (Wildman–Crippen MR) is 114 cm³/mol. The van der Waals surface area contributed by atoms with Crippen LogP contribution in [0.15, 0.2) is 48.5 Å². The Hall–Kier alpha value is -1.92. The molecule has 28 heavy (non-hydrogen) atoms. The summed E-state index contributed by atoms with van der Waals surface area (Å²) in [4.78, 5) is 11.6. The number of hydrogen-bond acceptors (Lipinski definition) is 5. The Kier molecular flexibility index (Phi) is 7.08. The number of piperidine rings is 1. The molecule has 0 aliphatic carbocycles. The number of likely N-dealkylation sites (tertiary alicyclic amines) is 1. The van der Waals surface area contributed by atoms with E-state index in [1.807, 2.05) is 48.5 Å². The zero-order chi connectivity index (χ0) is 18.6. The molecule has 1 saturated heterocycles. The lowest BCUT2D eigenvalue weighted by atomic mass is 10.1. The van der Waals surface area contributed by atoms with Crippen LogP contribution in [-0.2, 0) is 0 Å². The molecule has 1 aliphatic heterocycles. The van der Waals surface area contributed by atoms with Crippen LogP contribution >= 0.6 is 24.0 Å². The van der Waals surface area contributed by atoms with Gasteiger partial charge in [0.2, 0.25) is 5.88 Å². The molecule has 0 atom stereocenters. The van der Waals surface area contributed by atoms with Crippen molar-refractivity contribution in [2.45, 2.75) is 18.9 Å². The van der Waals surface area contributed by atoms with Crippen LogP contribution in [0.3, 0.4) is 0 Å². The number of hydrogen-bond donors (Lipinski definition) is 1. The summed E-state index contributed by atoms with van der Waals surface area (Å²) in [5, 5.41) is 11.2. The highest BCUT2D eigenvalue weighted by Gasteiger charge is 2.17. The number of halogens is 2. The van der Waals surface area contributed by atoms with Crippen molar-refractivity contribution in [3.63, 3.8) is 0 Å². The van der Waals surface area contributed by atoms with Crippen LogP contribution in [0.1, 0.15) is 12.8 Å². The molecule has 0 unspecified atom stereocenters. The molecule has 2 heterocycles. The maximum atomic E-state index is 9.62. The average Bonchev–Trinajstić information content (AvgIpc) is 2.70. The highest BCUT2D eigenvalue weighted by Crippen LogP contribution is 2.27. The number of ether oxygens (including phenoxy) is 1. The van der Waals surface area contributed by atoms with Crippen LogP contribution in [0.2, 0.25) is 5.02 Å². The molecule has 4 rings (SSSR count). The van der Waals surface area contributed by atoms with Crippen LogP contribution in [0.5, 0.6) is 5.88 Å². The van der Waals surface area contributed by atoms with Gasteiger partial charge in [-0.15, -0.1) is 12.4 Å². The lowest BCUT2D eigenvalue weighted by Gasteiger charge is -2.29. The average molecular weight is 420 g/mol. The van der Waals surface area contributed by atoms with E-state index in [9.17, 15) is 5.11 Å². The second-order valence-electron chi connectivity index (χ2n) is 6.80. The van der Waals surface area contributed by atoms with E-state index in [0.717, 1.165) is 48.9 Å². The second kappa shape index (κ2) is 9.52. The quantitative estimate of drug-likeness (QED) is 0.670. The minimum Gasteiger partial charge on any atom is -0.476 e. The van der Waals surface area contributed by atoms with Gasteiger partial charge in [0.05, 0.1) is 17.0 Å². The van der Waals surface area contributed by atoms with Crippen molar-refractivity contribution >= 4 is 34.9 Å². The van der Waals surface area contributed by atoms with Gasteiger partial charge in [-0.2, -0.15) is 4.98 Å². The van der Waals surface area contributed by atoms with E-state index in [2.05, 4.69) is 14.9 Å². The molecule has 0 radical (unpaired) electrons. The van der Waals surface area contributed by atoms with Gasteiger partial charge >= 0.3 is 0 Å². The SMILES string of the molecule is Cl.OC1CCN(CCOc2nc(-c3ccc(Cl)cc3)nc3ccccc23)CC1. The molecule has 0 bridgehead atoms. The van der Waals surface area contributed by atoms with E-state index in [4.69, 9.17) is 16.3 Å². The lowest BCUT2D eigenvalue weighted by molar-refractivity contribution is 0.0752. The van der Waals surface area contributed by atoms with Gasteiger partial charge < -0.3 is 9.84 Å². The summed E-state index contributed by atoms with van der Waals surface area (Å²) in [7, 11) is 0. The molecule has 0 spiro atoms. The Bertz CT molecular complexity index is 913. The Morgan fingerprint density at radius 1 is 1.04 bits per heavy atom. The normalized spacial score (nSPS) is 15.4. The Morgan fingerprint density at radius 2 is 1.75 bits per heavy atom. The standard InChI is InChI=1S/C21H22ClN3O2.ClH/c22-16-7-5-15(6-8-16)20-23-19-4-2-1-3-18(19)21(24-20)27-14-13-25-11-9-17(26)10-12-25;/h1-8,17,26H,9-14H2;1H. The number of aliphatic hydroxyl groups excluding tert-OH is 1. The molecule has 5 nitrogen and oxygen atoms in total. The largest absolute Gasteiger partial charge is 0.476 e. The molecule has 2 aromatic carbocycles. The van der Waals surface area contributed by atoms with Crippen molar-refractivity contribution in [3.8, 4) is 17.3 Å². The predicted octanol–water partition coefficient (Wildman–Crippen LogP) is 4.21. The van der Waals surface area contributed by atoms with Crippen LogP contribution < -0.4 is 4.74 Å². The third-order valence-corrected chi connectivity index (χ3v) is 5.13. The van der Waals surface area contributed by atoms with Gasteiger partial charge in [0.15, 0.2) is 5.82 Å². The second-order valence-corrected chi connectivity index (χ2v) is 7.23. The molecule has 0 saturated carbocycles. The van der Waals surface area contributed by atoms with Crippen molar-refractivity contribution in [2.75, 3.05) is 26.2 Å². The molecule has 7 heteroatoms. The van der Waals surface area contributed by atoms with E-state index in [0.29, 0.717) is 23.3 Å². The van der Waals surface area contributed by atoms with E-state index < -0.39 is 0 Å². The minimum absolute atomic E-state index is 0. The monoisotopic (exact) mass is 419 g/mol. The number of para-hydroxylation sites is 1. The maximum absolute atomic E-state index is 9.62. The van der Waals surface area contributed by atoms with Crippen molar-refractivity contribution in [1.29, 1.82) is 0 Å². The number of fused-ring (bicyclic) bond motifs is 1. The summed E-state index contributed by atoms with van der Waals surface area (Å²) in [6.45, 7) is 3.19. The van der Waals surface area contributed by atoms with Gasteiger partial charge in [0.1, 0.15) is 6.61 Å². The van der Waals surface area contributed by atoms with Crippen molar-refractivity contribution in [1.82, 2.24) is 14.9 Å². The fourth-order valence-corrected chi connectivity index (χ4v) is 3.43. The van der Waals surface area contributed by atoms with E-state index in [-0.39, 0.29) is 18.5 Å². The Balaban J connectivity index is 0.00000225. The fraction of sp³-hybridized carbons (Fsp3) is 0.333. The summed E-state index contributed by atoms with van der Waals surface area (Å²) in [6.07, 6.45) is 1.50. The maximum Gasteiger partial charge on any atom is 0.225 e. The first-order chi connectivity index (χ1) is 13.2. The molecule has 1 aromatic heterocycles. The van der Waals surface area contributed by atoms with Gasteiger partial charge in [-0.3, -0.25) is 4.90 Å². The summed E-state index contributed by atoms with van der Waals surface area (Å²) in [5.74, 6) is 1.23. The number of aromatic nitrogens is 2. The Labute approximate surface area is 175 Å². The lowest BCUT2D eigenvalue weighted by Crippen LogP contribution is -2.38. The highest BCUT2D eigenvalue weighted by molar-refractivity contribution is 6.30. The number of benzene rings is 2. The molecule has 3 aromatic rings. The zero-order valence-corrected chi connectivity index (χ0v) is 17.0. The van der Waals surface area contributed by atoms with Crippen molar-refractivity contribution in [3.05, 3.63) is 53.6 Å². The molecular weight excluding hydrogens is 397 g/mol. The smallest absolute Gasteiger partial charge is 0.225 e. The van der Waals surface area contributed by atoms with Crippen LogP contribution in [0, 0.1) is 0 Å². The summed E-state index contributed by atoms with van der Waals surface area (Å²) < 4.78 is 6.05. The first-order valence-electron chi connectivity index (χ1n) is 9.25. The van der Waals surface area contributed by atoms with E-state index in [1.54, 1.807) is 0 Å². The van der Waals surface area contributed by atoms with Gasteiger partial charge in [0, 0.05) is 30.2 Å². The summed E-state index contributed by atoms with van der Waals surface area (Å²) in [5.41, 5.74) is 1.76. The molecule has 148 valence electrons. The molecule has 1 N–H and O–H groups in total. The molecule has 1 fully saturated rings. The van der Waals surface area contributed by atoms with Gasteiger partial charge in [-0.05, 0) is 49.2 Å². The molecular formula is C21H23Cl2N3O2. The highest BCUT2D eigenvalue weighted by atomic mass is 35.5. The van der Waals surface area contributed by atoms with Crippen LogP contribution in [-0.4, -0.2) is 52.3 Å². The van der Waals surface area contributed by atoms with Crippen molar-refractivity contribution < 1.29 is 9.84 Å². The van der Waals surface area contributed by atoms with Crippen molar-refractivity contribution in [2.24, 2.45) is 0 Å². The third-order valence-electron chi connectivity index (χ3n) is 4.87. The van der Waals surface area contributed by atoms with Gasteiger partial charge in [-0.1, -0.05) is 23.7 Å². The molecule has 0 amide bonds.